The number of rotatable bonds is 6. The minimum Gasteiger partial charge on any atom is -0.345 e. The van der Waals surface area contributed by atoms with Crippen molar-refractivity contribution in [3.63, 3.8) is 0 Å². The lowest BCUT2D eigenvalue weighted by molar-refractivity contribution is -0.142. The van der Waals surface area contributed by atoms with Gasteiger partial charge >= 0.3 is 0 Å². The van der Waals surface area contributed by atoms with E-state index in [4.69, 9.17) is 5.73 Å². The molecule has 0 bridgehead atoms. The summed E-state index contributed by atoms with van der Waals surface area (Å²) in [7, 11) is 1.84. The highest BCUT2D eigenvalue weighted by molar-refractivity contribution is 5.82. The molecule has 22 heavy (non-hydrogen) atoms. The fourth-order valence-corrected chi connectivity index (χ4v) is 2.96. The third-order valence-electron chi connectivity index (χ3n) is 4.71. The zero-order chi connectivity index (χ0) is 16.9. The fraction of sp³-hybridized carbons (Fsp3) is 0.882. The Morgan fingerprint density at radius 1 is 1.41 bits per heavy atom. The van der Waals surface area contributed by atoms with Crippen LogP contribution in [0.4, 0.5) is 0 Å². The fourth-order valence-electron chi connectivity index (χ4n) is 2.96. The van der Waals surface area contributed by atoms with Crippen LogP contribution in [0.25, 0.3) is 0 Å². The van der Waals surface area contributed by atoms with Crippen molar-refractivity contribution in [3.05, 3.63) is 0 Å². The number of nitrogens with zero attached hydrogens (tertiary/aromatic N) is 2. The van der Waals surface area contributed by atoms with Gasteiger partial charge in [-0.2, -0.15) is 0 Å². The summed E-state index contributed by atoms with van der Waals surface area (Å²) in [5.74, 6) is 0.302. The number of carbonyl (C=O) groups is 2. The highest BCUT2D eigenvalue weighted by atomic mass is 16.2. The van der Waals surface area contributed by atoms with Gasteiger partial charge in [0.05, 0.1) is 5.92 Å². The van der Waals surface area contributed by atoms with Crippen LogP contribution >= 0.6 is 0 Å². The van der Waals surface area contributed by atoms with E-state index in [0.29, 0.717) is 19.6 Å². The molecular formula is C17H33N3O2. The van der Waals surface area contributed by atoms with Crippen molar-refractivity contribution in [1.29, 1.82) is 0 Å². The lowest BCUT2D eigenvalue weighted by Crippen LogP contribution is -2.49. The molecule has 1 saturated heterocycles. The Morgan fingerprint density at radius 2 is 2.05 bits per heavy atom. The summed E-state index contributed by atoms with van der Waals surface area (Å²) in [6.07, 6.45) is 2.63. The summed E-state index contributed by atoms with van der Waals surface area (Å²) in [6.45, 7) is 10.7. The molecule has 1 fully saturated rings. The second-order valence-corrected chi connectivity index (χ2v) is 7.50. The van der Waals surface area contributed by atoms with Crippen molar-refractivity contribution in [3.8, 4) is 0 Å². The van der Waals surface area contributed by atoms with Crippen LogP contribution in [-0.2, 0) is 9.59 Å². The number of amides is 2. The summed E-state index contributed by atoms with van der Waals surface area (Å²) in [4.78, 5) is 28.6. The Labute approximate surface area is 135 Å². The Bertz CT molecular complexity index is 395. The van der Waals surface area contributed by atoms with Gasteiger partial charge in [-0.05, 0) is 31.2 Å². The van der Waals surface area contributed by atoms with Gasteiger partial charge in [0.2, 0.25) is 11.8 Å². The van der Waals surface area contributed by atoms with Crippen molar-refractivity contribution < 1.29 is 9.59 Å². The predicted molar refractivity (Wildman–Crippen MR) is 89.2 cm³/mol. The molecule has 0 radical (unpaired) electrons. The van der Waals surface area contributed by atoms with Crippen LogP contribution in [0.5, 0.6) is 0 Å². The van der Waals surface area contributed by atoms with Crippen molar-refractivity contribution >= 4 is 11.8 Å². The summed E-state index contributed by atoms with van der Waals surface area (Å²) in [5.41, 5.74) is 5.67. The highest BCUT2D eigenvalue weighted by Crippen LogP contribution is 2.22. The molecule has 2 amide bonds. The molecule has 2 N–H and O–H groups in total. The summed E-state index contributed by atoms with van der Waals surface area (Å²) >= 11 is 0. The smallest absolute Gasteiger partial charge is 0.227 e. The Kier molecular flexibility index (Phi) is 6.85. The van der Waals surface area contributed by atoms with Gasteiger partial charge in [-0.25, -0.2) is 0 Å². The third kappa shape index (κ3) is 4.97. The van der Waals surface area contributed by atoms with Crippen LogP contribution in [0.2, 0.25) is 0 Å². The third-order valence-corrected chi connectivity index (χ3v) is 4.71. The minimum atomic E-state index is -0.0781. The first-order valence-electron chi connectivity index (χ1n) is 8.45. The molecule has 5 heteroatoms. The van der Waals surface area contributed by atoms with Crippen LogP contribution in [-0.4, -0.2) is 54.8 Å². The minimum absolute atomic E-state index is 0.0442. The van der Waals surface area contributed by atoms with E-state index in [1.54, 1.807) is 4.90 Å². The molecule has 1 heterocycles. The van der Waals surface area contributed by atoms with E-state index >= 15 is 0 Å². The van der Waals surface area contributed by atoms with Crippen molar-refractivity contribution in [2.45, 2.75) is 47.0 Å². The summed E-state index contributed by atoms with van der Waals surface area (Å²) in [6, 6.07) is 0. The molecular weight excluding hydrogens is 278 g/mol. The van der Waals surface area contributed by atoms with E-state index < -0.39 is 0 Å². The van der Waals surface area contributed by atoms with E-state index in [1.165, 1.54) is 0 Å². The molecule has 1 rings (SSSR count). The van der Waals surface area contributed by atoms with Crippen molar-refractivity contribution in [1.82, 2.24) is 9.80 Å². The maximum Gasteiger partial charge on any atom is 0.227 e. The molecule has 2 unspecified atom stereocenters. The van der Waals surface area contributed by atoms with E-state index in [1.807, 2.05) is 25.8 Å². The van der Waals surface area contributed by atoms with Crippen LogP contribution in [0, 0.1) is 17.3 Å². The normalized spacial score (nSPS) is 20.6. The zero-order valence-electron chi connectivity index (χ0n) is 14.9. The molecule has 5 nitrogen and oxygen atoms in total. The lowest BCUT2D eigenvalue weighted by atomic mass is 9.91. The zero-order valence-corrected chi connectivity index (χ0v) is 14.9. The van der Waals surface area contributed by atoms with E-state index in [-0.39, 0.29) is 29.1 Å². The van der Waals surface area contributed by atoms with Crippen LogP contribution in [0.15, 0.2) is 0 Å². The number of likely N-dealkylation sites (tertiary alicyclic amines) is 1. The van der Waals surface area contributed by atoms with Gasteiger partial charge < -0.3 is 15.5 Å². The quantitative estimate of drug-likeness (QED) is 0.812. The second-order valence-electron chi connectivity index (χ2n) is 7.50. The Balaban J connectivity index is 2.64. The average molecular weight is 311 g/mol. The monoisotopic (exact) mass is 311 g/mol. The number of hydrogen-bond acceptors (Lipinski definition) is 3. The maximum absolute atomic E-state index is 12.6. The second kappa shape index (κ2) is 7.95. The maximum atomic E-state index is 12.6. The van der Waals surface area contributed by atoms with E-state index in [2.05, 4.69) is 13.8 Å². The van der Waals surface area contributed by atoms with Crippen LogP contribution < -0.4 is 5.73 Å². The first-order valence-corrected chi connectivity index (χ1v) is 8.45. The SMILES string of the molecule is CCC(C)C(=O)N1CCCC(C(=O)N(C)CC(C)(C)CN)C1. The summed E-state index contributed by atoms with van der Waals surface area (Å²) in [5, 5.41) is 0. The van der Waals surface area contributed by atoms with Gasteiger partial charge in [0, 0.05) is 32.6 Å². The molecule has 128 valence electrons. The highest BCUT2D eigenvalue weighted by Gasteiger charge is 2.32. The number of hydrogen-bond donors (Lipinski definition) is 1. The average Bonchev–Trinajstić information content (AvgIpc) is 2.52. The number of piperidine rings is 1. The first-order chi connectivity index (χ1) is 10.2. The molecule has 1 aliphatic rings. The molecule has 0 saturated carbocycles. The Morgan fingerprint density at radius 3 is 2.59 bits per heavy atom. The molecule has 0 aromatic carbocycles. The lowest BCUT2D eigenvalue weighted by Gasteiger charge is -2.37. The van der Waals surface area contributed by atoms with Crippen molar-refractivity contribution in [2.75, 3.05) is 33.2 Å². The van der Waals surface area contributed by atoms with Crippen molar-refractivity contribution in [2.24, 2.45) is 23.0 Å². The van der Waals surface area contributed by atoms with Crippen LogP contribution in [0.3, 0.4) is 0 Å². The van der Waals surface area contributed by atoms with E-state index in [9.17, 15) is 9.59 Å². The molecule has 0 spiro atoms. The van der Waals surface area contributed by atoms with Gasteiger partial charge in [-0.1, -0.05) is 27.7 Å². The van der Waals surface area contributed by atoms with Gasteiger partial charge in [0.15, 0.2) is 0 Å². The molecule has 0 aliphatic carbocycles. The number of carbonyl (C=O) groups excluding carboxylic acids is 2. The van der Waals surface area contributed by atoms with Crippen LogP contribution in [0.1, 0.15) is 47.0 Å². The molecule has 2 atom stereocenters. The standard InChI is InChI=1S/C17H33N3O2/c1-6-13(2)15(21)20-9-7-8-14(10-20)16(22)19(5)12-17(3,4)11-18/h13-14H,6-12,18H2,1-5H3. The predicted octanol–water partition coefficient (Wildman–Crippen LogP) is 1.71. The van der Waals surface area contributed by atoms with Gasteiger partial charge in [-0.3, -0.25) is 9.59 Å². The largest absolute Gasteiger partial charge is 0.345 e. The summed E-state index contributed by atoms with van der Waals surface area (Å²) < 4.78 is 0. The molecule has 0 aromatic rings. The first kappa shape index (κ1) is 18.9. The van der Waals surface area contributed by atoms with E-state index in [0.717, 1.165) is 25.8 Å². The van der Waals surface area contributed by atoms with Gasteiger partial charge in [0.25, 0.3) is 0 Å². The molecule has 0 aromatic heterocycles. The van der Waals surface area contributed by atoms with Gasteiger partial charge in [-0.15, -0.1) is 0 Å². The van der Waals surface area contributed by atoms with Gasteiger partial charge in [0.1, 0.15) is 0 Å². The number of nitrogens with two attached hydrogens (primary N) is 1. The Hall–Kier alpha value is -1.10. The molecule has 1 aliphatic heterocycles. The topological polar surface area (TPSA) is 66.6 Å².